The fourth-order valence-electron chi connectivity index (χ4n) is 3.98. The van der Waals surface area contributed by atoms with Crippen molar-refractivity contribution in [2.45, 2.75) is 44.4 Å². The van der Waals surface area contributed by atoms with E-state index >= 15 is 0 Å². The zero-order chi connectivity index (χ0) is 20.5. The van der Waals surface area contributed by atoms with Crippen LogP contribution < -0.4 is 5.32 Å². The van der Waals surface area contributed by atoms with Crippen LogP contribution in [0.5, 0.6) is 0 Å². The van der Waals surface area contributed by atoms with Crippen molar-refractivity contribution < 1.29 is 18.8 Å². The summed E-state index contributed by atoms with van der Waals surface area (Å²) in [6.07, 6.45) is 3.15. The van der Waals surface area contributed by atoms with Crippen molar-refractivity contribution in [1.82, 2.24) is 15.5 Å². The lowest BCUT2D eigenvalue weighted by Crippen LogP contribution is -2.44. The highest BCUT2D eigenvalue weighted by Crippen LogP contribution is 2.29. The van der Waals surface area contributed by atoms with Crippen molar-refractivity contribution in [1.29, 1.82) is 0 Å². The molecule has 0 bridgehead atoms. The van der Waals surface area contributed by atoms with Crippen LogP contribution in [0.15, 0.2) is 47.0 Å². The molecule has 7 nitrogen and oxygen atoms in total. The molecular weight excluding hydrogens is 382 g/mol. The minimum atomic E-state index is 0.0543. The van der Waals surface area contributed by atoms with E-state index in [2.05, 4.69) is 15.5 Å². The second-order valence-electron chi connectivity index (χ2n) is 7.82. The number of hydrogen-bond donors (Lipinski definition) is 1. The first-order valence-corrected chi connectivity index (χ1v) is 10.1. The van der Waals surface area contributed by atoms with Gasteiger partial charge in [0.05, 0.1) is 0 Å². The van der Waals surface area contributed by atoms with Crippen LogP contribution in [0.3, 0.4) is 0 Å². The molecule has 1 N–H and O–H groups in total. The van der Waals surface area contributed by atoms with Gasteiger partial charge in [0.15, 0.2) is 5.78 Å². The Bertz CT molecular complexity index is 1080. The largest absolute Gasteiger partial charge is 0.464 e. The number of fused-ring (bicyclic) bond motifs is 1. The van der Waals surface area contributed by atoms with Gasteiger partial charge in [-0.05, 0) is 42.5 Å². The Morgan fingerprint density at radius 3 is 2.70 bits per heavy atom. The van der Waals surface area contributed by atoms with E-state index in [4.69, 9.17) is 9.26 Å². The number of benzene rings is 2. The van der Waals surface area contributed by atoms with E-state index < -0.39 is 0 Å². The molecule has 1 heterocycles. The molecular formula is C23H21N3O4. The highest BCUT2D eigenvalue weighted by atomic mass is 16.5. The Hall–Kier alpha value is -3.32. The van der Waals surface area contributed by atoms with Crippen molar-refractivity contribution >= 4 is 12.3 Å². The van der Waals surface area contributed by atoms with Crippen molar-refractivity contribution in [3.05, 3.63) is 59.2 Å². The fraction of sp³-hybridized carbons (Fsp3) is 0.304. The molecule has 7 heteroatoms. The lowest BCUT2D eigenvalue weighted by Gasteiger charge is -2.34. The molecule has 2 aromatic carbocycles. The second kappa shape index (κ2) is 7.84. The Labute approximate surface area is 173 Å². The summed E-state index contributed by atoms with van der Waals surface area (Å²) in [5.41, 5.74) is 4.63. The van der Waals surface area contributed by atoms with Gasteiger partial charge < -0.3 is 14.6 Å². The Kier molecular flexibility index (Phi) is 4.88. The highest BCUT2D eigenvalue weighted by Gasteiger charge is 2.29. The van der Waals surface area contributed by atoms with E-state index in [0.717, 1.165) is 53.6 Å². The first-order chi connectivity index (χ1) is 14.7. The lowest BCUT2D eigenvalue weighted by atomic mass is 9.89. The normalized spacial score (nSPS) is 19.9. The van der Waals surface area contributed by atoms with Gasteiger partial charge in [0, 0.05) is 35.7 Å². The number of rotatable bonds is 7. The van der Waals surface area contributed by atoms with Gasteiger partial charge in [0.2, 0.25) is 5.82 Å². The highest BCUT2D eigenvalue weighted by molar-refractivity contribution is 6.01. The van der Waals surface area contributed by atoms with Crippen molar-refractivity contribution in [3.8, 4) is 22.8 Å². The van der Waals surface area contributed by atoms with Crippen LogP contribution in [-0.2, 0) is 22.5 Å². The standard InChI is InChI=1S/C23H21N3O4/c27-13-29-19-10-18(11-19)24-12-14-1-3-16(4-2-14)22-25-23(30-26-22)17-6-5-15-7-8-21(28)20(15)9-17/h1-6,9,13,18-19,24H,7-8,10-12H2. The van der Waals surface area contributed by atoms with Crippen LogP contribution in [-0.4, -0.2) is 34.5 Å². The maximum absolute atomic E-state index is 12.0. The molecule has 0 spiro atoms. The van der Waals surface area contributed by atoms with E-state index in [-0.39, 0.29) is 11.9 Å². The van der Waals surface area contributed by atoms with Crippen LogP contribution in [0.25, 0.3) is 22.8 Å². The first kappa shape index (κ1) is 18.7. The average Bonchev–Trinajstić information content (AvgIpc) is 3.37. The third-order valence-corrected chi connectivity index (χ3v) is 5.85. The predicted molar refractivity (Wildman–Crippen MR) is 109 cm³/mol. The van der Waals surface area contributed by atoms with Gasteiger partial charge in [-0.1, -0.05) is 35.5 Å². The second-order valence-corrected chi connectivity index (χ2v) is 7.82. The van der Waals surface area contributed by atoms with Crippen molar-refractivity contribution in [3.63, 3.8) is 0 Å². The zero-order valence-electron chi connectivity index (χ0n) is 16.3. The summed E-state index contributed by atoms with van der Waals surface area (Å²) >= 11 is 0. The first-order valence-electron chi connectivity index (χ1n) is 10.1. The van der Waals surface area contributed by atoms with Crippen molar-refractivity contribution in [2.75, 3.05) is 0 Å². The lowest BCUT2D eigenvalue weighted by molar-refractivity contribution is -0.138. The van der Waals surface area contributed by atoms with E-state index in [1.165, 1.54) is 0 Å². The van der Waals surface area contributed by atoms with Crippen LogP contribution >= 0.6 is 0 Å². The molecule has 0 atom stereocenters. The quantitative estimate of drug-likeness (QED) is 0.605. The third-order valence-electron chi connectivity index (χ3n) is 5.85. The SMILES string of the molecule is O=COC1CC(NCc2ccc(-c3noc(-c4ccc5c(c4)C(=O)CC5)n3)cc2)C1. The number of ether oxygens (including phenoxy) is 1. The molecule has 1 fully saturated rings. The van der Waals surface area contributed by atoms with Gasteiger partial charge in [-0.25, -0.2) is 0 Å². The number of aryl methyl sites for hydroxylation is 1. The number of aromatic nitrogens is 2. The van der Waals surface area contributed by atoms with E-state index in [9.17, 15) is 9.59 Å². The molecule has 3 aromatic rings. The average molecular weight is 403 g/mol. The zero-order valence-corrected chi connectivity index (χ0v) is 16.3. The van der Waals surface area contributed by atoms with E-state index in [1.54, 1.807) is 0 Å². The number of Topliss-reactive ketones (excluding diaryl/α,β-unsaturated/α-hetero) is 1. The summed E-state index contributed by atoms with van der Waals surface area (Å²) in [7, 11) is 0. The van der Waals surface area contributed by atoms with Gasteiger partial charge in [0.25, 0.3) is 12.4 Å². The van der Waals surface area contributed by atoms with Crippen LogP contribution in [0.4, 0.5) is 0 Å². The topological polar surface area (TPSA) is 94.3 Å². The summed E-state index contributed by atoms with van der Waals surface area (Å²) in [5.74, 6) is 1.10. The summed E-state index contributed by atoms with van der Waals surface area (Å²) in [6, 6.07) is 14.1. The van der Waals surface area contributed by atoms with Crippen LogP contribution in [0, 0.1) is 0 Å². The molecule has 1 saturated carbocycles. The molecule has 0 radical (unpaired) electrons. The number of carbonyl (C=O) groups excluding carboxylic acids is 2. The van der Waals surface area contributed by atoms with Gasteiger partial charge in [0.1, 0.15) is 6.10 Å². The molecule has 2 aliphatic carbocycles. The monoisotopic (exact) mass is 403 g/mol. The summed E-state index contributed by atoms with van der Waals surface area (Å²) < 4.78 is 10.4. The maximum Gasteiger partial charge on any atom is 0.293 e. The smallest absolute Gasteiger partial charge is 0.293 e. The molecule has 0 unspecified atom stereocenters. The number of ketones is 1. The predicted octanol–water partition coefficient (Wildman–Crippen LogP) is 3.33. The van der Waals surface area contributed by atoms with Crippen LogP contribution in [0.2, 0.25) is 0 Å². The number of hydrogen-bond acceptors (Lipinski definition) is 7. The fourth-order valence-corrected chi connectivity index (χ4v) is 3.98. The summed E-state index contributed by atoms with van der Waals surface area (Å²) in [6.45, 7) is 1.27. The Morgan fingerprint density at radius 1 is 1.10 bits per heavy atom. The molecule has 152 valence electrons. The van der Waals surface area contributed by atoms with E-state index in [1.807, 2.05) is 42.5 Å². The maximum atomic E-state index is 12.0. The molecule has 5 rings (SSSR count). The number of nitrogens with one attached hydrogen (secondary N) is 1. The molecule has 1 aromatic heterocycles. The van der Waals surface area contributed by atoms with Gasteiger partial charge in [-0.2, -0.15) is 4.98 Å². The summed E-state index contributed by atoms with van der Waals surface area (Å²) in [4.78, 5) is 26.8. The molecule has 0 amide bonds. The third kappa shape index (κ3) is 3.64. The van der Waals surface area contributed by atoms with Crippen LogP contribution in [0.1, 0.15) is 40.7 Å². The van der Waals surface area contributed by atoms with Gasteiger partial charge >= 0.3 is 0 Å². The molecule has 30 heavy (non-hydrogen) atoms. The molecule has 0 aliphatic heterocycles. The molecule has 2 aliphatic rings. The van der Waals surface area contributed by atoms with E-state index in [0.29, 0.717) is 30.7 Å². The van der Waals surface area contributed by atoms with Gasteiger partial charge in [-0.15, -0.1) is 0 Å². The number of nitrogens with zero attached hydrogens (tertiary/aromatic N) is 2. The molecule has 0 saturated heterocycles. The van der Waals surface area contributed by atoms with Gasteiger partial charge in [-0.3, -0.25) is 9.59 Å². The Morgan fingerprint density at radius 2 is 1.90 bits per heavy atom. The minimum absolute atomic E-state index is 0.0543. The Balaban J connectivity index is 1.23. The number of carbonyl (C=O) groups is 2. The minimum Gasteiger partial charge on any atom is -0.464 e. The van der Waals surface area contributed by atoms with Crippen molar-refractivity contribution in [2.24, 2.45) is 0 Å². The summed E-state index contributed by atoms with van der Waals surface area (Å²) in [5, 5.41) is 7.56.